The van der Waals surface area contributed by atoms with Crippen LogP contribution in [0.4, 0.5) is 18.9 Å². The lowest BCUT2D eigenvalue weighted by atomic mass is 10.1. The fourth-order valence-corrected chi connectivity index (χ4v) is 2.82. The van der Waals surface area contributed by atoms with Gasteiger partial charge < -0.3 is 10.6 Å². The highest BCUT2D eigenvalue weighted by atomic mass is 19.4. The van der Waals surface area contributed by atoms with Crippen LogP contribution in [0, 0.1) is 5.92 Å². The molecule has 1 saturated carbocycles. The van der Waals surface area contributed by atoms with Crippen LogP contribution in [0.3, 0.4) is 0 Å². The SMILES string of the molecule is CC(NC(=O)Cc1ccc(C(F)(F)F)cc1)c1ccc(NC(=O)C2CC2)cc1. The van der Waals surface area contributed by atoms with E-state index in [-0.39, 0.29) is 30.2 Å². The zero-order chi connectivity index (χ0) is 20.3. The van der Waals surface area contributed by atoms with E-state index in [4.69, 9.17) is 0 Å². The van der Waals surface area contributed by atoms with Crippen molar-refractivity contribution in [1.82, 2.24) is 5.32 Å². The normalized spacial score (nSPS) is 15.0. The van der Waals surface area contributed by atoms with E-state index >= 15 is 0 Å². The van der Waals surface area contributed by atoms with E-state index in [1.807, 2.05) is 19.1 Å². The summed E-state index contributed by atoms with van der Waals surface area (Å²) in [6.45, 7) is 1.82. The molecule has 2 aromatic carbocycles. The monoisotopic (exact) mass is 390 g/mol. The number of rotatable bonds is 6. The lowest BCUT2D eigenvalue weighted by Crippen LogP contribution is -2.28. The van der Waals surface area contributed by atoms with Gasteiger partial charge in [0, 0.05) is 11.6 Å². The van der Waals surface area contributed by atoms with Crippen LogP contribution in [0.5, 0.6) is 0 Å². The number of benzene rings is 2. The number of amides is 2. The van der Waals surface area contributed by atoms with E-state index in [9.17, 15) is 22.8 Å². The van der Waals surface area contributed by atoms with Crippen LogP contribution in [0.2, 0.25) is 0 Å². The number of halogens is 3. The first-order chi connectivity index (χ1) is 13.2. The molecule has 2 N–H and O–H groups in total. The van der Waals surface area contributed by atoms with Gasteiger partial charge in [0.25, 0.3) is 0 Å². The molecular weight excluding hydrogens is 369 g/mol. The molecule has 0 radical (unpaired) electrons. The number of anilines is 1. The molecule has 1 unspecified atom stereocenters. The lowest BCUT2D eigenvalue weighted by Gasteiger charge is -2.15. The highest BCUT2D eigenvalue weighted by Gasteiger charge is 2.30. The van der Waals surface area contributed by atoms with Gasteiger partial charge in [0.1, 0.15) is 0 Å². The maximum Gasteiger partial charge on any atom is 0.416 e. The average Bonchev–Trinajstić information content (AvgIpc) is 3.47. The topological polar surface area (TPSA) is 58.2 Å². The molecule has 3 rings (SSSR count). The molecule has 7 heteroatoms. The first kappa shape index (κ1) is 19.9. The summed E-state index contributed by atoms with van der Waals surface area (Å²) < 4.78 is 37.7. The molecule has 0 heterocycles. The van der Waals surface area contributed by atoms with Gasteiger partial charge in [-0.15, -0.1) is 0 Å². The van der Waals surface area contributed by atoms with Crippen molar-refractivity contribution in [2.75, 3.05) is 5.32 Å². The predicted molar refractivity (Wildman–Crippen MR) is 99.5 cm³/mol. The molecule has 1 aliphatic rings. The van der Waals surface area contributed by atoms with Gasteiger partial charge in [-0.05, 0) is 55.2 Å². The first-order valence-electron chi connectivity index (χ1n) is 9.08. The van der Waals surface area contributed by atoms with Crippen LogP contribution >= 0.6 is 0 Å². The third-order valence-corrected chi connectivity index (χ3v) is 4.65. The zero-order valence-corrected chi connectivity index (χ0v) is 15.3. The number of hydrogen-bond donors (Lipinski definition) is 2. The van der Waals surface area contributed by atoms with E-state index in [0.29, 0.717) is 11.3 Å². The number of carbonyl (C=O) groups is 2. The Hall–Kier alpha value is -2.83. The molecule has 0 aromatic heterocycles. The van der Waals surface area contributed by atoms with Gasteiger partial charge >= 0.3 is 6.18 Å². The van der Waals surface area contributed by atoms with Gasteiger partial charge in [-0.25, -0.2) is 0 Å². The fraction of sp³-hybridized carbons (Fsp3) is 0.333. The Labute approximate surface area is 161 Å². The van der Waals surface area contributed by atoms with Crippen molar-refractivity contribution in [2.24, 2.45) is 5.92 Å². The zero-order valence-electron chi connectivity index (χ0n) is 15.3. The number of carbonyl (C=O) groups excluding carboxylic acids is 2. The van der Waals surface area contributed by atoms with Gasteiger partial charge in [-0.1, -0.05) is 24.3 Å². The molecule has 148 valence electrons. The summed E-state index contributed by atoms with van der Waals surface area (Å²) in [6, 6.07) is 11.5. The summed E-state index contributed by atoms with van der Waals surface area (Å²) in [4.78, 5) is 23.9. The third-order valence-electron chi connectivity index (χ3n) is 4.65. The lowest BCUT2D eigenvalue weighted by molar-refractivity contribution is -0.137. The predicted octanol–water partition coefficient (Wildman–Crippen LogP) is 4.47. The Morgan fingerprint density at radius 3 is 2.18 bits per heavy atom. The Morgan fingerprint density at radius 1 is 1.04 bits per heavy atom. The van der Waals surface area contributed by atoms with Gasteiger partial charge in [0.05, 0.1) is 18.0 Å². The largest absolute Gasteiger partial charge is 0.416 e. The molecule has 2 amide bonds. The minimum absolute atomic E-state index is 0.00198. The van der Waals surface area contributed by atoms with E-state index in [2.05, 4.69) is 10.6 Å². The summed E-state index contributed by atoms with van der Waals surface area (Å²) in [6.07, 6.45) is -2.52. The van der Waals surface area contributed by atoms with E-state index < -0.39 is 11.7 Å². The average molecular weight is 390 g/mol. The van der Waals surface area contributed by atoms with Crippen molar-refractivity contribution in [3.05, 3.63) is 65.2 Å². The Bertz CT molecular complexity index is 841. The number of alkyl halides is 3. The molecule has 1 aliphatic carbocycles. The minimum atomic E-state index is -4.39. The van der Waals surface area contributed by atoms with E-state index in [1.54, 1.807) is 12.1 Å². The van der Waals surface area contributed by atoms with Crippen LogP contribution in [-0.4, -0.2) is 11.8 Å². The molecule has 0 bridgehead atoms. The fourth-order valence-electron chi connectivity index (χ4n) is 2.82. The van der Waals surface area contributed by atoms with Crippen LogP contribution in [0.1, 0.15) is 42.5 Å². The maximum absolute atomic E-state index is 12.6. The standard InChI is InChI=1S/C21H21F3N2O2/c1-13(15-6-10-18(11-7-15)26-20(28)16-4-5-16)25-19(27)12-14-2-8-17(9-3-14)21(22,23)24/h2-3,6-11,13,16H,4-5,12H2,1H3,(H,25,27)(H,26,28). The molecule has 28 heavy (non-hydrogen) atoms. The minimum Gasteiger partial charge on any atom is -0.349 e. The summed E-state index contributed by atoms with van der Waals surface area (Å²) >= 11 is 0. The van der Waals surface area contributed by atoms with Crippen molar-refractivity contribution in [1.29, 1.82) is 0 Å². The maximum atomic E-state index is 12.6. The highest BCUT2D eigenvalue weighted by molar-refractivity contribution is 5.94. The third kappa shape index (κ3) is 5.34. The van der Waals surface area contributed by atoms with Gasteiger partial charge in [0.15, 0.2) is 0 Å². The molecular formula is C21H21F3N2O2. The van der Waals surface area contributed by atoms with Crippen LogP contribution < -0.4 is 10.6 Å². The van der Waals surface area contributed by atoms with Crippen LogP contribution in [-0.2, 0) is 22.2 Å². The second-order valence-corrected chi connectivity index (χ2v) is 7.05. The number of hydrogen-bond acceptors (Lipinski definition) is 2. The van der Waals surface area contributed by atoms with E-state index in [0.717, 1.165) is 30.5 Å². The molecule has 1 atom stereocenters. The Morgan fingerprint density at radius 2 is 1.64 bits per heavy atom. The van der Waals surface area contributed by atoms with Crippen molar-refractivity contribution in [3.8, 4) is 0 Å². The molecule has 4 nitrogen and oxygen atoms in total. The molecule has 0 spiro atoms. The summed E-state index contributed by atoms with van der Waals surface area (Å²) in [5, 5.41) is 5.68. The second-order valence-electron chi connectivity index (χ2n) is 7.05. The van der Waals surface area contributed by atoms with Crippen LogP contribution in [0.15, 0.2) is 48.5 Å². The first-order valence-corrected chi connectivity index (χ1v) is 9.08. The van der Waals surface area contributed by atoms with Crippen molar-refractivity contribution in [2.45, 2.75) is 38.4 Å². The highest BCUT2D eigenvalue weighted by Crippen LogP contribution is 2.30. The quantitative estimate of drug-likeness (QED) is 0.764. The number of nitrogens with one attached hydrogen (secondary N) is 2. The smallest absolute Gasteiger partial charge is 0.349 e. The molecule has 0 saturated heterocycles. The van der Waals surface area contributed by atoms with E-state index in [1.165, 1.54) is 12.1 Å². The molecule has 2 aromatic rings. The van der Waals surface area contributed by atoms with Gasteiger partial charge in [-0.2, -0.15) is 13.2 Å². The van der Waals surface area contributed by atoms with Crippen molar-refractivity contribution in [3.63, 3.8) is 0 Å². The molecule has 1 fully saturated rings. The van der Waals surface area contributed by atoms with Crippen LogP contribution in [0.25, 0.3) is 0 Å². The molecule has 0 aliphatic heterocycles. The summed E-state index contributed by atoms with van der Waals surface area (Å²) in [5.41, 5.74) is 1.35. The van der Waals surface area contributed by atoms with Gasteiger partial charge in [-0.3, -0.25) is 9.59 Å². The van der Waals surface area contributed by atoms with Gasteiger partial charge in [0.2, 0.25) is 11.8 Å². The Balaban J connectivity index is 1.52. The second kappa shape index (κ2) is 8.04. The summed E-state index contributed by atoms with van der Waals surface area (Å²) in [7, 11) is 0. The summed E-state index contributed by atoms with van der Waals surface area (Å²) in [5.74, 6) is -0.118. The Kier molecular flexibility index (Phi) is 5.72. The van der Waals surface area contributed by atoms with Crippen molar-refractivity contribution >= 4 is 17.5 Å². The van der Waals surface area contributed by atoms with Crippen molar-refractivity contribution < 1.29 is 22.8 Å².